The summed E-state index contributed by atoms with van der Waals surface area (Å²) in [5, 5.41) is 7.78. The van der Waals surface area contributed by atoms with Gasteiger partial charge in [-0.25, -0.2) is 8.91 Å². The van der Waals surface area contributed by atoms with Gasteiger partial charge in [-0.15, -0.1) is 5.10 Å². The van der Waals surface area contributed by atoms with E-state index in [9.17, 15) is 14.0 Å². The summed E-state index contributed by atoms with van der Waals surface area (Å²) in [6, 6.07) is 12.1. The van der Waals surface area contributed by atoms with Crippen LogP contribution in [-0.4, -0.2) is 25.6 Å². The number of H-pyrrole nitrogens is 1. The lowest BCUT2D eigenvalue weighted by Gasteiger charge is -2.01. The minimum Gasteiger partial charge on any atom is -0.319 e. The van der Waals surface area contributed by atoms with Crippen molar-refractivity contribution in [3.05, 3.63) is 76.0 Å². The molecule has 2 heterocycles. The summed E-state index contributed by atoms with van der Waals surface area (Å²) < 4.78 is 14.3. The van der Waals surface area contributed by atoms with Crippen molar-refractivity contribution in [1.82, 2.24) is 19.8 Å². The molecule has 2 aromatic heterocycles. The van der Waals surface area contributed by atoms with Crippen LogP contribution in [0.1, 0.15) is 16.1 Å². The number of aromatic amines is 1. The minimum absolute atomic E-state index is 0.0661. The highest BCUT2D eigenvalue weighted by Gasteiger charge is 2.20. The van der Waals surface area contributed by atoms with Crippen molar-refractivity contribution < 1.29 is 9.18 Å². The number of aromatic nitrogens is 4. The number of nitrogens with zero attached hydrogens (tertiary/aromatic N) is 3. The molecule has 4 aromatic rings. The number of hydrogen-bond acceptors (Lipinski definition) is 4. The van der Waals surface area contributed by atoms with Gasteiger partial charge in [0.2, 0.25) is 5.78 Å². The second-order valence-electron chi connectivity index (χ2n) is 5.01. The van der Waals surface area contributed by atoms with Crippen molar-refractivity contribution >= 4 is 22.3 Å². The fraction of sp³-hybridized carbons (Fsp3) is 0. The van der Waals surface area contributed by atoms with Gasteiger partial charge in [0, 0.05) is 5.56 Å². The molecule has 0 atom stereocenters. The lowest BCUT2D eigenvalue weighted by atomic mass is 10.1. The van der Waals surface area contributed by atoms with Gasteiger partial charge in [-0.1, -0.05) is 17.3 Å². The van der Waals surface area contributed by atoms with E-state index in [1.807, 2.05) is 0 Å². The van der Waals surface area contributed by atoms with Crippen molar-refractivity contribution in [2.75, 3.05) is 0 Å². The molecule has 0 spiro atoms. The van der Waals surface area contributed by atoms with Gasteiger partial charge in [-0.3, -0.25) is 9.59 Å². The Hall–Kier alpha value is -3.35. The van der Waals surface area contributed by atoms with Crippen LogP contribution in [0.5, 0.6) is 0 Å². The van der Waals surface area contributed by atoms with E-state index in [0.717, 1.165) is 0 Å². The third kappa shape index (κ3) is 2.02. The van der Waals surface area contributed by atoms with Crippen LogP contribution in [0.2, 0.25) is 0 Å². The molecule has 0 fully saturated rings. The summed E-state index contributed by atoms with van der Waals surface area (Å²) in [5.74, 6) is -0.931. The Kier molecular flexibility index (Phi) is 2.80. The monoisotopic (exact) mass is 308 g/mol. The first-order valence-corrected chi connectivity index (χ1v) is 6.82. The fourth-order valence-electron chi connectivity index (χ4n) is 2.49. The Balaban J connectivity index is 1.98. The van der Waals surface area contributed by atoms with E-state index < -0.39 is 17.2 Å². The number of ketones is 1. The molecule has 0 radical (unpaired) electrons. The van der Waals surface area contributed by atoms with Crippen molar-refractivity contribution in [2.45, 2.75) is 0 Å². The molecule has 0 aliphatic rings. The summed E-state index contributed by atoms with van der Waals surface area (Å²) >= 11 is 0. The number of rotatable bonds is 2. The van der Waals surface area contributed by atoms with Crippen LogP contribution in [0.3, 0.4) is 0 Å². The lowest BCUT2D eigenvalue weighted by Crippen LogP contribution is -2.14. The fourth-order valence-corrected chi connectivity index (χ4v) is 2.49. The molecule has 2 aromatic carbocycles. The van der Waals surface area contributed by atoms with E-state index in [4.69, 9.17) is 0 Å². The van der Waals surface area contributed by atoms with Gasteiger partial charge in [-0.2, -0.15) is 0 Å². The molecule has 0 aliphatic carbocycles. The third-order valence-corrected chi connectivity index (χ3v) is 3.59. The SMILES string of the molecule is O=C(c1ccc(F)cc1)c1nnn2c1c(=O)[nH]c1ccccc12. The van der Waals surface area contributed by atoms with Crippen LogP contribution in [0, 0.1) is 5.82 Å². The van der Waals surface area contributed by atoms with Gasteiger partial charge in [-0.05, 0) is 36.4 Å². The standard InChI is InChI=1S/C16H9FN4O2/c17-10-7-5-9(6-8-10)15(22)13-14-16(23)18-11-3-1-2-4-12(11)21(14)20-19-13/h1-8H,(H,18,23). The summed E-state index contributed by atoms with van der Waals surface area (Å²) in [4.78, 5) is 27.5. The summed E-state index contributed by atoms with van der Waals surface area (Å²) in [5.41, 5.74) is 1.01. The maximum atomic E-state index is 13.0. The molecule has 0 unspecified atom stereocenters. The number of carbonyl (C=O) groups is 1. The summed E-state index contributed by atoms with van der Waals surface area (Å²) in [6.45, 7) is 0. The Morgan fingerprint density at radius 3 is 2.61 bits per heavy atom. The molecule has 0 bridgehead atoms. The van der Waals surface area contributed by atoms with Crippen molar-refractivity contribution in [1.29, 1.82) is 0 Å². The van der Waals surface area contributed by atoms with Gasteiger partial charge >= 0.3 is 0 Å². The zero-order valence-corrected chi connectivity index (χ0v) is 11.7. The molecular weight excluding hydrogens is 299 g/mol. The van der Waals surface area contributed by atoms with E-state index in [-0.39, 0.29) is 16.8 Å². The molecule has 0 aliphatic heterocycles. The second-order valence-corrected chi connectivity index (χ2v) is 5.01. The molecular formula is C16H9FN4O2. The van der Waals surface area contributed by atoms with Crippen LogP contribution in [0.25, 0.3) is 16.6 Å². The first kappa shape index (κ1) is 13.3. The smallest absolute Gasteiger partial charge is 0.276 e. The molecule has 0 saturated carbocycles. The van der Waals surface area contributed by atoms with Crippen LogP contribution >= 0.6 is 0 Å². The molecule has 112 valence electrons. The molecule has 0 amide bonds. The molecule has 7 heteroatoms. The van der Waals surface area contributed by atoms with Crippen LogP contribution < -0.4 is 5.56 Å². The Morgan fingerprint density at radius 2 is 1.83 bits per heavy atom. The highest BCUT2D eigenvalue weighted by molar-refractivity contribution is 6.11. The summed E-state index contributed by atoms with van der Waals surface area (Å²) in [6.07, 6.45) is 0. The average molecular weight is 308 g/mol. The van der Waals surface area contributed by atoms with Gasteiger partial charge in [0.05, 0.1) is 11.0 Å². The van der Waals surface area contributed by atoms with Crippen LogP contribution in [0.4, 0.5) is 4.39 Å². The summed E-state index contributed by atoms with van der Waals surface area (Å²) in [7, 11) is 0. The Morgan fingerprint density at radius 1 is 1.09 bits per heavy atom. The zero-order valence-electron chi connectivity index (χ0n) is 11.7. The van der Waals surface area contributed by atoms with E-state index >= 15 is 0 Å². The van der Waals surface area contributed by atoms with Crippen molar-refractivity contribution in [2.24, 2.45) is 0 Å². The number of para-hydroxylation sites is 2. The molecule has 1 N–H and O–H groups in total. The molecule has 23 heavy (non-hydrogen) atoms. The number of fused-ring (bicyclic) bond motifs is 3. The Labute approximate surface area is 128 Å². The van der Waals surface area contributed by atoms with E-state index in [1.54, 1.807) is 24.3 Å². The van der Waals surface area contributed by atoms with Gasteiger partial charge < -0.3 is 4.98 Å². The van der Waals surface area contributed by atoms with E-state index in [1.165, 1.54) is 28.8 Å². The molecule has 0 saturated heterocycles. The third-order valence-electron chi connectivity index (χ3n) is 3.59. The number of carbonyl (C=O) groups excluding carboxylic acids is 1. The lowest BCUT2D eigenvalue weighted by molar-refractivity contribution is 0.103. The van der Waals surface area contributed by atoms with E-state index in [2.05, 4.69) is 15.3 Å². The highest BCUT2D eigenvalue weighted by Crippen LogP contribution is 2.15. The number of nitrogens with one attached hydrogen (secondary N) is 1. The predicted molar refractivity (Wildman–Crippen MR) is 80.9 cm³/mol. The van der Waals surface area contributed by atoms with Crippen molar-refractivity contribution in [3.63, 3.8) is 0 Å². The van der Waals surface area contributed by atoms with Gasteiger partial charge in [0.1, 0.15) is 5.82 Å². The van der Waals surface area contributed by atoms with Crippen LogP contribution in [-0.2, 0) is 0 Å². The highest BCUT2D eigenvalue weighted by atomic mass is 19.1. The second kappa shape index (κ2) is 4.84. The van der Waals surface area contributed by atoms with Gasteiger partial charge in [0.15, 0.2) is 11.2 Å². The quantitative estimate of drug-likeness (QED) is 0.574. The first-order chi connectivity index (χ1) is 11.1. The number of halogens is 1. The zero-order chi connectivity index (χ0) is 16.0. The van der Waals surface area contributed by atoms with E-state index in [0.29, 0.717) is 11.0 Å². The first-order valence-electron chi connectivity index (χ1n) is 6.82. The number of hydrogen-bond donors (Lipinski definition) is 1. The molecule has 4 rings (SSSR count). The maximum absolute atomic E-state index is 13.0. The predicted octanol–water partition coefficient (Wildman–Crippen LogP) is 1.94. The largest absolute Gasteiger partial charge is 0.319 e. The minimum atomic E-state index is -0.485. The Bertz CT molecular complexity index is 1110. The van der Waals surface area contributed by atoms with Gasteiger partial charge in [0.25, 0.3) is 5.56 Å². The molecule has 6 nitrogen and oxygen atoms in total. The topological polar surface area (TPSA) is 80.1 Å². The average Bonchev–Trinajstić information content (AvgIpc) is 3.01. The maximum Gasteiger partial charge on any atom is 0.276 e. The van der Waals surface area contributed by atoms with Crippen molar-refractivity contribution in [3.8, 4) is 0 Å². The number of benzene rings is 2. The normalized spacial score (nSPS) is 11.2. The van der Waals surface area contributed by atoms with Crippen LogP contribution in [0.15, 0.2) is 53.3 Å².